The maximum Gasteiger partial charge on any atom is 0.253 e. The van der Waals surface area contributed by atoms with Crippen molar-refractivity contribution >= 4 is 11.8 Å². The second-order valence-corrected chi connectivity index (χ2v) is 7.34. The average Bonchev–Trinajstić information content (AvgIpc) is 3.08. The molecule has 2 aliphatic heterocycles. The minimum atomic E-state index is -0.372. The Balaban J connectivity index is 1.55. The van der Waals surface area contributed by atoms with Gasteiger partial charge >= 0.3 is 0 Å². The zero-order valence-electron chi connectivity index (χ0n) is 14.9. The van der Waals surface area contributed by atoms with Crippen molar-refractivity contribution in [2.45, 2.75) is 51.2 Å². The lowest BCUT2D eigenvalue weighted by Crippen LogP contribution is -2.46. The Hall–Kier alpha value is -1.88. The number of carbonyl (C=O) groups excluding carboxylic acids is 2. The van der Waals surface area contributed by atoms with E-state index in [4.69, 9.17) is 0 Å². The average molecular weight is 344 g/mol. The van der Waals surface area contributed by atoms with Crippen molar-refractivity contribution in [3.8, 4) is 0 Å². The number of nitrogens with zero attached hydrogens (tertiary/aromatic N) is 2. The van der Waals surface area contributed by atoms with Crippen molar-refractivity contribution in [2.75, 3.05) is 19.6 Å². The first-order valence-electron chi connectivity index (χ1n) is 9.39. The second-order valence-electron chi connectivity index (χ2n) is 7.34. The van der Waals surface area contributed by atoms with E-state index >= 15 is 0 Å². The zero-order chi connectivity index (χ0) is 17.8. The maximum absolute atomic E-state index is 12.9. The van der Waals surface area contributed by atoms with Gasteiger partial charge in [0.15, 0.2) is 0 Å². The Morgan fingerprint density at radius 3 is 2.44 bits per heavy atom. The van der Waals surface area contributed by atoms with E-state index in [1.165, 1.54) is 0 Å². The summed E-state index contributed by atoms with van der Waals surface area (Å²) in [6.45, 7) is 3.87. The number of hydrogen-bond donors (Lipinski definition) is 1. The van der Waals surface area contributed by atoms with Crippen LogP contribution in [-0.4, -0.2) is 58.5 Å². The number of carbonyl (C=O) groups is 2. The van der Waals surface area contributed by atoms with Gasteiger partial charge in [0.1, 0.15) is 0 Å². The highest BCUT2D eigenvalue weighted by atomic mass is 16.3. The van der Waals surface area contributed by atoms with Gasteiger partial charge in [-0.1, -0.05) is 18.2 Å². The first-order valence-corrected chi connectivity index (χ1v) is 9.39. The molecule has 1 aromatic rings. The molecule has 0 spiro atoms. The van der Waals surface area contributed by atoms with Crippen LogP contribution >= 0.6 is 0 Å². The summed E-state index contributed by atoms with van der Waals surface area (Å²) in [5.41, 5.74) is 0.712. The highest BCUT2D eigenvalue weighted by molar-refractivity contribution is 5.94. The van der Waals surface area contributed by atoms with Crippen molar-refractivity contribution in [2.24, 2.45) is 5.92 Å². The van der Waals surface area contributed by atoms with Gasteiger partial charge in [-0.3, -0.25) is 9.59 Å². The van der Waals surface area contributed by atoms with Gasteiger partial charge in [-0.05, 0) is 51.2 Å². The molecule has 0 aliphatic carbocycles. The fourth-order valence-corrected chi connectivity index (χ4v) is 4.09. The summed E-state index contributed by atoms with van der Waals surface area (Å²) in [5, 5.41) is 9.64. The topological polar surface area (TPSA) is 60.9 Å². The number of rotatable bonds is 4. The van der Waals surface area contributed by atoms with Crippen molar-refractivity contribution in [1.82, 2.24) is 9.80 Å². The molecule has 0 aromatic heterocycles. The third-order valence-corrected chi connectivity index (χ3v) is 5.43. The Bertz CT molecular complexity index is 594. The molecule has 5 nitrogen and oxygen atoms in total. The number of aliphatic hydroxyl groups is 1. The molecule has 2 fully saturated rings. The van der Waals surface area contributed by atoms with E-state index in [0.29, 0.717) is 25.1 Å². The lowest BCUT2D eigenvalue weighted by Gasteiger charge is -2.35. The Kier molecular flexibility index (Phi) is 5.74. The second kappa shape index (κ2) is 8.00. The van der Waals surface area contributed by atoms with Gasteiger partial charge in [0.25, 0.3) is 5.91 Å². The van der Waals surface area contributed by atoms with Gasteiger partial charge in [-0.25, -0.2) is 0 Å². The molecule has 2 heterocycles. The summed E-state index contributed by atoms with van der Waals surface area (Å²) < 4.78 is 0. The summed E-state index contributed by atoms with van der Waals surface area (Å²) in [5.74, 6) is 0.282. The van der Waals surface area contributed by atoms with E-state index in [9.17, 15) is 14.7 Å². The lowest BCUT2D eigenvalue weighted by molar-refractivity contribution is -0.138. The van der Waals surface area contributed by atoms with Crippen LogP contribution in [0, 0.1) is 5.92 Å². The largest absolute Gasteiger partial charge is 0.393 e. The molecule has 2 aliphatic rings. The first kappa shape index (κ1) is 17.9. The number of likely N-dealkylation sites (tertiary alicyclic amines) is 2. The minimum absolute atomic E-state index is 0.00872. The monoisotopic (exact) mass is 344 g/mol. The smallest absolute Gasteiger partial charge is 0.253 e. The molecule has 25 heavy (non-hydrogen) atoms. The maximum atomic E-state index is 12.9. The van der Waals surface area contributed by atoms with Gasteiger partial charge in [0, 0.05) is 37.2 Å². The van der Waals surface area contributed by atoms with E-state index in [1.807, 2.05) is 40.1 Å². The number of benzene rings is 1. The Morgan fingerprint density at radius 2 is 1.80 bits per heavy atom. The first-order chi connectivity index (χ1) is 12.1. The van der Waals surface area contributed by atoms with Crippen LogP contribution in [0.4, 0.5) is 0 Å². The third kappa shape index (κ3) is 4.21. The molecule has 136 valence electrons. The molecule has 2 saturated heterocycles. The van der Waals surface area contributed by atoms with Crippen LogP contribution in [0.25, 0.3) is 0 Å². The van der Waals surface area contributed by atoms with Gasteiger partial charge in [-0.2, -0.15) is 0 Å². The lowest BCUT2D eigenvalue weighted by atomic mass is 9.94. The van der Waals surface area contributed by atoms with Gasteiger partial charge in [-0.15, -0.1) is 0 Å². The van der Waals surface area contributed by atoms with Crippen molar-refractivity contribution < 1.29 is 14.7 Å². The van der Waals surface area contributed by atoms with Crippen molar-refractivity contribution in [3.63, 3.8) is 0 Å². The van der Waals surface area contributed by atoms with Crippen molar-refractivity contribution in [1.29, 1.82) is 0 Å². The van der Waals surface area contributed by atoms with Crippen LogP contribution in [-0.2, 0) is 4.79 Å². The van der Waals surface area contributed by atoms with E-state index in [0.717, 1.165) is 32.2 Å². The number of hydrogen-bond acceptors (Lipinski definition) is 3. The minimum Gasteiger partial charge on any atom is -0.393 e. The van der Waals surface area contributed by atoms with Crippen LogP contribution in [0.2, 0.25) is 0 Å². The van der Waals surface area contributed by atoms with E-state index in [2.05, 4.69) is 0 Å². The third-order valence-electron chi connectivity index (χ3n) is 5.43. The molecule has 1 N–H and O–H groups in total. The molecule has 1 aromatic carbocycles. The van der Waals surface area contributed by atoms with Crippen LogP contribution in [0.15, 0.2) is 30.3 Å². The van der Waals surface area contributed by atoms with Crippen LogP contribution in [0.1, 0.15) is 49.4 Å². The summed E-state index contributed by atoms with van der Waals surface area (Å²) in [4.78, 5) is 29.2. The van der Waals surface area contributed by atoms with Crippen molar-refractivity contribution in [3.05, 3.63) is 35.9 Å². The molecule has 2 amide bonds. The normalized spacial score (nSPS) is 22.9. The molecule has 2 atom stereocenters. The highest BCUT2D eigenvalue weighted by Crippen LogP contribution is 2.27. The summed E-state index contributed by atoms with van der Waals surface area (Å²) >= 11 is 0. The SMILES string of the molecule is CC(O)CC1CCCN1C(=O)C1CCN(C(=O)c2ccccc2)CC1. The van der Waals surface area contributed by atoms with E-state index in [-0.39, 0.29) is 29.9 Å². The number of aliphatic hydroxyl groups excluding tert-OH is 1. The molecule has 0 radical (unpaired) electrons. The molecule has 0 bridgehead atoms. The van der Waals surface area contributed by atoms with Gasteiger partial charge < -0.3 is 14.9 Å². The van der Waals surface area contributed by atoms with Crippen LogP contribution in [0.5, 0.6) is 0 Å². The van der Waals surface area contributed by atoms with Gasteiger partial charge in [0.05, 0.1) is 6.10 Å². The molecular weight excluding hydrogens is 316 g/mol. The fourth-order valence-electron chi connectivity index (χ4n) is 4.09. The summed E-state index contributed by atoms with van der Waals surface area (Å²) in [7, 11) is 0. The van der Waals surface area contributed by atoms with E-state index < -0.39 is 0 Å². The fraction of sp³-hybridized carbons (Fsp3) is 0.600. The van der Waals surface area contributed by atoms with Gasteiger partial charge in [0.2, 0.25) is 5.91 Å². The Labute approximate surface area is 149 Å². The number of piperidine rings is 1. The highest BCUT2D eigenvalue weighted by Gasteiger charge is 2.35. The summed E-state index contributed by atoms with van der Waals surface area (Å²) in [6.07, 6.45) is 3.77. The van der Waals surface area contributed by atoms with Crippen LogP contribution in [0.3, 0.4) is 0 Å². The Morgan fingerprint density at radius 1 is 1.12 bits per heavy atom. The zero-order valence-corrected chi connectivity index (χ0v) is 14.9. The molecule has 3 rings (SSSR count). The van der Waals surface area contributed by atoms with Crippen LogP contribution < -0.4 is 0 Å². The quantitative estimate of drug-likeness (QED) is 0.912. The number of amides is 2. The summed E-state index contributed by atoms with van der Waals surface area (Å²) in [6, 6.07) is 9.51. The molecular formula is C20H28N2O3. The molecule has 5 heteroatoms. The predicted octanol–water partition coefficient (Wildman–Crippen LogP) is 2.30. The molecule has 0 saturated carbocycles. The standard InChI is InChI=1S/C20H28N2O3/c1-15(23)14-18-8-5-11-22(18)20(25)17-9-12-21(13-10-17)19(24)16-6-3-2-4-7-16/h2-4,6-7,15,17-18,23H,5,8-14H2,1H3. The van der Waals surface area contributed by atoms with E-state index in [1.54, 1.807) is 6.92 Å². The molecule has 2 unspecified atom stereocenters. The predicted molar refractivity (Wildman–Crippen MR) is 96.1 cm³/mol.